The lowest BCUT2D eigenvalue weighted by atomic mass is 10.2. The summed E-state index contributed by atoms with van der Waals surface area (Å²) in [6, 6.07) is 6.29. The number of carbonyl (C=O) groups is 1. The van der Waals surface area contributed by atoms with Crippen LogP contribution >= 0.6 is 0 Å². The van der Waals surface area contributed by atoms with Gasteiger partial charge in [0, 0.05) is 31.7 Å². The molecule has 2 rings (SSSR count). The van der Waals surface area contributed by atoms with Crippen molar-refractivity contribution >= 4 is 15.9 Å². The number of hydrogen-bond acceptors (Lipinski definition) is 4. The van der Waals surface area contributed by atoms with Crippen molar-refractivity contribution < 1.29 is 13.2 Å². The van der Waals surface area contributed by atoms with Gasteiger partial charge in [-0.1, -0.05) is 18.9 Å². The Bertz CT molecular complexity index is 623. The van der Waals surface area contributed by atoms with E-state index in [0.29, 0.717) is 31.7 Å². The van der Waals surface area contributed by atoms with Gasteiger partial charge in [0.2, 0.25) is 10.0 Å². The van der Waals surface area contributed by atoms with Gasteiger partial charge in [-0.25, -0.2) is 8.42 Å². The van der Waals surface area contributed by atoms with E-state index in [1.807, 2.05) is 0 Å². The van der Waals surface area contributed by atoms with E-state index in [4.69, 9.17) is 0 Å². The van der Waals surface area contributed by atoms with Crippen molar-refractivity contribution in [1.29, 1.82) is 0 Å². The molecule has 0 bridgehead atoms. The first-order valence-electron chi connectivity index (χ1n) is 8.09. The molecule has 0 atom stereocenters. The summed E-state index contributed by atoms with van der Waals surface area (Å²) in [4.78, 5) is 12.3. The summed E-state index contributed by atoms with van der Waals surface area (Å²) < 4.78 is 27.1. The molecule has 1 aliphatic heterocycles. The van der Waals surface area contributed by atoms with Crippen molar-refractivity contribution in [3.63, 3.8) is 0 Å². The van der Waals surface area contributed by atoms with Crippen LogP contribution < -0.4 is 10.6 Å². The monoisotopic (exact) mass is 339 g/mol. The standard InChI is InChI=1S/C16H25N3O3S/c1-17-9-10-18-16(20)14-7-6-8-15(13-14)23(21,22)19-11-4-2-3-5-12-19/h6-8,13,17H,2-5,9-12H2,1H3,(H,18,20). The van der Waals surface area contributed by atoms with Crippen molar-refractivity contribution in [3.05, 3.63) is 29.8 Å². The highest BCUT2D eigenvalue weighted by atomic mass is 32.2. The van der Waals surface area contributed by atoms with Gasteiger partial charge in [0.05, 0.1) is 4.90 Å². The van der Waals surface area contributed by atoms with Gasteiger partial charge in [0.1, 0.15) is 0 Å². The normalized spacial score (nSPS) is 16.7. The lowest BCUT2D eigenvalue weighted by molar-refractivity contribution is 0.0954. The second kappa shape index (κ2) is 8.42. The van der Waals surface area contributed by atoms with Gasteiger partial charge >= 0.3 is 0 Å². The molecular formula is C16H25N3O3S. The molecule has 1 aliphatic rings. The zero-order valence-corrected chi connectivity index (χ0v) is 14.4. The van der Waals surface area contributed by atoms with Crippen molar-refractivity contribution in [1.82, 2.24) is 14.9 Å². The van der Waals surface area contributed by atoms with Crippen LogP contribution in [0.25, 0.3) is 0 Å². The van der Waals surface area contributed by atoms with Crippen molar-refractivity contribution in [2.45, 2.75) is 30.6 Å². The third kappa shape index (κ3) is 4.76. The Morgan fingerprint density at radius 3 is 2.48 bits per heavy atom. The summed E-state index contributed by atoms with van der Waals surface area (Å²) in [7, 11) is -1.72. The SMILES string of the molecule is CNCCNC(=O)c1cccc(S(=O)(=O)N2CCCCCC2)c1. The topological polar surface area (TPSA) is 78.5 Å². The van der Waals surface area contributed by atoms with E-state index in [-0.39, 0.29) is 10.8 Å². The minimum Gasteiger partial charge on any atom is -0.351 e. The number of rotatable bonds is 6. The van der Waals surface area contributed by atoms with Gasteiger partial charge in [-0.2, -0.15) is 4.31 Å². The van der Waals surface area contributed by atoms with E-state index < -0.39 is 10.0 Å². The summed E-state index contributed by atoms with van der Waals surface area (Å²) >= 11 is 0. The lowest BCUT2D eigenvalue weighted by Crippen LogP contribution is -2.33. The summed E-state index contributed by atoms with van der Waals surface area (Å²) in [5, 5.41) is 5.70. The van der Waals surface area contributed by atoms with Crippen LogP contribution in [0.1, 0.15) is 36.0 Å². The first-order valence-corrected chi connectivity index (χ1v) is 9.53. The molecule has 0 radical (unpaired) electrons. The third-order valence-corrected chi connectivity index (χ3v) is 5.85. The maximum Gasteiger partial charge on any atom is 0.251 e. The Morgan fingerprint density at radius 1 is 1.13 bits per heavy atom. The number of hydrogen-bond donors (Lipinski definition) is 2. The van der Waals surface area contributed by atoms with Crippen LogP contribution in [0.4, 0.5) is 0 Å². The smallest absolute Gasteiger partial charge is 0.251 e. The van der Waals surface area contributed by atoms with Crippen molar-refractivity contribution in [2.24, 2.45) is 0 Å². The van der Waals surface area contributed by atoms with Gasteiger partial charge in [-0.15, -0.1) is 0 Å². The minimum atomic E-state index is -3.53. The number of nitrogens with one attached hydrogen (secondary N) is 2. The quantitative estimate of drug-likeness (QED) is 0.764. The molecule has 6 nitrogen and oxygen atoms in total. The van der Waals surface area contributed by atoms with Crippen LogP contribution in [0, 0.1) is 0 Å². The lowest BCUT2D eigenvalue weighted by Gasteiger charge is -2.20. The molecule has 1 aromatic carbocycles. The van der Waals surface area contributed by atoms with Crippen molar-refractivity contribution in [2.75, 3.05) is 33.2 Å². The highest BCUT2D eigenvalue weighted by Crippen LogP contribution is 2.21. The fourth-order valence-corrected chi connectivity index (χ4v) is 4.20. The number of nitrogens with zero attached hydrogens (tertiary/aromatic N) is 1. The zero-order valence-electron chi connectivity index (χ0n) is 13.5. The largest absolute Gasteiger partial charge is 0.351 e. The summed E-state index contributed by atoms with van der Waals surface area (Å²) in [5.74, 6) is -0.256. The molecule has 1 fully saturated rings. The Kier molecular flexibility index (Phi) is 6.56. The molecule has 128 valence electrons. The molecule has 23 heavy (non-hydrogen) atoms. The van der Waals surface area contributed by atoms with Gasteiger partial charge in [0.15, 0.2) is 0 Å². The second-order valence-corrected chi connectivity index (χ2v) is 7.64. The third-order valence-electron chi connectivity index (χ3n) is 3.96. The Balaban J connectivity index is 2.15. The minimum absolute atomic E-state index is 0.195. The van der Waals surface area contributed by atoms with Crippen LogP contribution in [0.2, 0.25) is 0 Å². The molecule has 1 amide bonds. The molecule has 2 N–H and O–H groups in total. The Labute approximate surface area is 138 Å². The predicted octanol–water partition coefficient (Wildman–Crippen LogP) is 1.20. The van der Waals surface area contributed by atoms with E-state index in [2.05, 4.69) is 10.6 Å². The Hall–Kier alpha value is -1.44. The summed E-state index contributed by atoms with van der Waals surface area (Å²) in [6.45, 7) is 2.28. The Morgan fingerprint density at radius 2 is 1.83 bits per heavy atom. The van der Waals surface area contributed by atoms with Crippen LogP contribution in [-0.2, 0) is 10.0 Å². The van der Waals surface area contributed by atoms with E-state index in [0.717, 1.165) is 25.7 Å². The number of sulfonamides is 1. The van der Waals surface area contributed by atoms with Crippen LogP contribution in [-0.4, -0.2) is 51.9 Å². The van der Waals surface area contributed by atoms with Crippen LogP contribution in [0.15, 0.2) is 29.2 Å². The molecule has 0 spiro atoms. The number of likely N-dealkylation sites (N-methyl/N-ethyl adjacent to an activating group) is 1. The van der Waals surface area contributed by atoms with Gasteiger partial charge in [-0.3, -0.25) is 4.79 Å². The summed E-state index contributed by atoms with van der Waals surface area (Å²) in [5.41, 5.74) is 0.372. The van der Waals surface area contributed by atoms with E-state index in [1.54, 1.807) is 25.2 Å². The molecule has 1 saturated heterocycles. The van der Waals surface area contributed by atoms with E-state index in [9.17, 15) is 13.2 Å². The first kappa shape index (κ1) is 17.9. The molecule has 0 aliphatic carbocycles. The zero-order chi connectivity index (χ0) is 16.7. The highest BCUT2D eigenvalue weighted by molar-refractivity contribution is 7.89. The molecule has 1 aromatic rings. The van der Waals surface area contributed by atoms with Crippen LogP contribution in [0.3, 0.4) is 0 Å². The number of amides is 1. The molecule has 0 aromatic heterocycles. The van der Waals surface area contributed by atoms with Crippen molar-refractivity contribution in [3.8, 4) is 0 Å². The fourth-order valence-electron chi connectivity index (χ4n) is 2.63. The van der Waals surface area contributed by atoms with Gasteiger partial charge in [0.25, 0.3) is 5.91 Å². The maximum atomic E-state index is 12.8. The van der Waals surface area contributed by atoms with Gasteiger partial charge < -0.3 is 10.6 Å². The average Bonchev–Trinajstić information content (AvgIpc) is 2.85. The van der Waals surface area contributed by atoms with E-state index in [1.165, 1.54) is 10.4 Å². The molecule has 1 heterocycles. The van der Waals surface area contributed by atoms with Gasteiger partial charge in [-0.05, 0) is 38.1 Å². The highest BCUT2D eigenvalue weighted by Gasteiger charge is 2.25. The maximum absolute atomic E-state index is 12.8. The predicted molar refractivity (Wildman–Crippen MR) is 89.9 cm³/mol. The molecule has 0 saturated carbocycles. The van der Waals surface area contributed by atoms with E-state index >= 15 is 0 Å². The van der Waals surface area contributed by atoms with Crippen LogP contribution in [0.5, 0.6) is 0 Å². The molecule has 0 unspecified atom stereocenters. The first-order chi connectivity index (χ1) is 11.1. The summed E-state index contributed by atoms with van der Waals surface area (Å²) in [6.07, 6.45) is 3.92. The molecular weight excluding hydrogens is 314 g/mol. The second-order valence-electron chi connectivity index (χ2n) is 5.71. The molecule has 7 heteroatoms. The average molecular weight is 339 g/mol. The fraction of sp³-hybridized carbons (Fsp3) is 0.562. The number of benzene rings is 1. The number of carbonyl (C=O) groups excluding carboxylic acids is 1.